The summed E-state index contributed by atoms with van der Waals surface area (Å²) in [7, 11) is 0. The van der Waals surface area contributed by atoms with Crippen molar-refractivity contribution in [2.75, 3.05) is 13.2 Å². The minimum Gasteiger partial charge on any atom is -0.463 e. The van der Waals surface area contributed by atoms with E-state index in [1.165, 1.54) is 32.1 Å². The zero-order chi connectivity index (χ0) is 17.6. The zero-order valence-corrected chi connectivity index (χ0v) is 13.5. The lowest BCUT2D eigenvalue weighted by atomic mass is 10.1. The van der Waals surface area contributed by atoms with Gasteiger partial charge in [0, 0.05) is 12.2 Å². The second kappa shape index (κ2) is 13.0. The molecule has 0 aromatic heterocycles. The summed E-state index contributed by atoms with van der Waals surface area (Å²) < 4.78 is 44.1. The van der Waals surface area contributed by atoms with Crippen LogP contribution in [0.25, 0.3) is 0 Å². The number of rotatable bonds is 12. The van der Waals surface area contributed by atoms with E-state index >= 15 is 0 Å². The number of esters is 2. The van der Waals surface area contributed by atoms with Gasteiger partial charge in [0.25, 0.3) is 0 Å². The minimum absolute atomic E-state index is 0.232. The third kappa shape index (κ3) is 16.7. The molecule has 23 heavy (non-hydrogen) atoms. The summed E-state index contributed by atoms with van der Waals surface area (Å²) in [6, 6.07) is 0. The molecule has 0 N–H and O–H groups in total. The maximum absolute atomic E-state index is 11.8. The van der Waals surface area contributed by atoms with Gasteiger partial charge in [-0.1, -0.05) is 51.9 Å². The Kier molecular flexibility index (Phi) is 12.1. The molecule has 0 heterocycles. The van der Waals surface area contributed by atoms with Gasteiger partial charge < -0.3 is 9.47 Å². The van der Waals surface area contributed by atoms with E-state index in [0.717, 1.165) is 25.3 Å². The molecule has 0 unspecified atom stereocenters. The van der Waals surface area contributed by atoms with Crippen LogP contribution < -0.4 is 0 Å². The van der Waals surface area contributed by atoms with Crippen molar-refractivity contribution in [3.05, 3.63) is 12.2 Å². The molecule has 0 saturated heterocycles. The van der Waals surface area contributed by atoms with Gasteiger partial charge in [-0.05, 0) is 6.42 Å². The number of unbranched alkanes of at least 4 members (excludes halogenated alkanes) is 7. The number of ether oxygens (including phenoxy) is 2. The average Bonchev–Trinajstić information content (AvgIpc) is 2.48. The highest BCUT2D eigenvalue weighted by molar-refractivity contribution is 5.91. The number of halogens is 3. The molecular formula is C16H25F3O4. The Morgan fingerprint density at radius 3 is 1.83 bits per heavy atom. The van der Waals surface area contributed by atoms with E-state index in [4.69, 9.17) is 4.74 Å². The summed E-state index contributed by atoms with van der Waals surface area (Å²) >= 11 is 0. The Labute approximate surface area is 135 Å². The molecule has 0 aliphatic rings. The van der Waals surface area contributed by atoms with Gasteiger partial charge in [-0.2, -0.15) is 13.2 Å². The van der Waals surface area contributed by atoms with Crippen LogP contribution in [0.2, 0.25) is 0 Å². The minimum atomic E-state index is -4.58. The summed E-state index contributed by atoms with van der Waals surface area (Å²) in [5.41, 5.74) is 0. The van der Waals surface area contributed by atoms with Crippen LogP contribution in [0.3, 0.4) is 0 Å². The van der Waals surface area contributed by atoms with Gasteiger partial charge >= 0.3 is 18.1 Å². The summed E-state index contributed by atoms with van der Waals surface area (Å²) in [6.45, 7) is 0.720. The molecule has 0 aromatic rings. The van der Waals surface area contributed by atoms with Crippen molar-refractivity contribution < 1.29 is 32.2 Å². The van der Waals surface area contributed by atoms with E-state index in [-0.39, 0.29) is 6.61 Å². The summed E-state index contributed by atoms with van der Waals surface area (Å²) in [4.78, 5) is 22.1. The van der Waals surface area contributed by atoms with Crippen molar-refractivity contribution in [3.8, 4) is 0 Å². The van der Waals surface area contributed by atoms with Crippen molar-refractivity contribution in [1.29, 1.82) is 0 Å². The summed E-state index contributed by atoms with van der Waals surface area (Å²) in [5.74, 6) is -2.00. The van der Waals surface area contributed by atoms with E-state index in [0.29, 0.717) is 6.08 Å². The molecule has 0 spiro atoms. The third-order valence-corrected chi connectivity index (χ3v) is 2.98. The molecule has 4 nitrogen and oxygen atoms in total. The van der Waals surface area contributed by atoms with Crippen LogP contribution in [0.15, 0.2) is 12.2 Å². The first-order valence-corrected chi connectivity index (χ1v) is 7.93. The van der Waals surface area contributed by atoms with Crippen molar-refractivity contribution in [1.82, 2.24) is 0 Å². The van der Waals surface area contributed by atoms with Crippen LogP contribution in [0.1, 0.15) is 58.3 Å². The fraction of sp³-hybridized carbons (Fsp3) is 0.750. The molecule has 0 aliphatic heterocycles. The molecule has 0 aliphatic carbocycles. The monoisotopic (exact) mass is 338 g/mol. The fourth-order valence-corrected chi connectivity index (χ4v) is 1.79. The van der Waals surface area contributed by atoms with E-state index in [2.05, 4.69) is 11.7 Å². The highest BCUT2D eigenvalue weighted by atomic mass is 19.4. The standard InChI is InChI=1S/C16H25F3O4/c1-2-3-4-5-6-7-8-9-12-22-14(20)10-11-15(21)23-13-16(17,18)19/h10-11H,2-9,12-13H2,1H3/b11-10+. The lowest BCUT2D eigenvalue weighted by Gasteiger charge is -2.05. The number of hydrogen-bond donors (Lipinski definition) is 0. The predicted molar refractivity (Wildman–Crippen MR) is 79.7 cm³/mol. The van der Waals surface area contributed by atoms with Crippen LogP contribution in [0, 0.1) is 0 Å². The average molecular weight is 338 g/mol. The second-order valence-corrected chi connectivity index (χ2v) is 5.20. The van der Waals surface area contributed by atoms with Crippen molar-refractivity contribution >= 4 is 11.9 Å². The third-order valence-electron chi connectivity index (χ3n) is 2.98. The van der Waals surface area contributed by atoms with E-state index in [1.807, 2.05) is 0 Å². The first kappa shape index (κ1) is 21.5. The Bertz CT molecular complexity index is 365. The molecule has 0 bridgehead atoms. The van der Waals surface area contributed by atoms with E-state index in [9.17, 15) is 22.8 Å². The van der Waals surface area contributed by atoms with Gasteiger partial charge in [-0.25, -0.2) is 9.59 Å². The second-order valence-electron chi connectivity index (χ2n) is 5.20. The van der Waals surface area contributed by atoms with Crippen LogP contribution >= 0.6 is 0 Å². The van der Waals surface area contributed by atoms with E-state index < -0.39 is 24.7 Å². The molecule has 7 heteroatoms. The summed E-state index contributed by atoms with van der Waals surface area (Å²) in [5, 5.41) is 0. The first-order valence-electron chi connectivity index (χ1n) is 7.93. The quantitative estimate of drug-likeness (QED) is 0.302. The van der Waals surface area contributed by atoms with Gasteiger partial charge in [-0.15, -0.1) is 0 Å². The van der Waals surface area contributed by atoms with Crippen LogP contribution in [-0.2, 0) is 19.1 Å². The van der Waals surface area contributed by atoms with Crippen LogP contribution in [0.4, 0.5) is 13.2 Å². The van der Waals surface area contributed by atoms with Crippen molar-refractivity contribution in [2.24, 2.45) is 0 Å². The molecule has 0 aromatic carbocycles. The predicted octanol–water partition coefficient (Wildman–Crippen LogP) is 4.33. The maximum atomic E-state index is 11.8. The largest absolute Gasteiger partial charge is 0.463 e. The topological polar surface area (TPSA) is 52.6 Å². The molecule has 0 saturated carbocycles. The molecule has 0 rings (SSSR count). The van der Waals surface area contributed by atoms with Crippen molar-refractivity contribution in [3.63, 3.8) is 0 Å². The number of carbonyl (C=O) groups is 2. The Morgan fingerprint density at radius 1 is 0.826 bits per heavy atom. The van der Waals surface area contributed by atoms with Gasteiger partial charge in [0.05, 0.1) is 6.61 Å². The normalized spacial score (nSPS) is 11.7. The Balaban J connectivity index is 3.56. The summed E-state index contributed by atoms with van der Waals surface area (Å²) in [6.07, 6.45) is 5.69. The number of alkyl halides is 3. The first-order chi connectivity index (χ1) is 10.8. The van der Waals surface area contributed by atoms with Crippen LogP contribution in [0.5, 0.6) is 0 Å². The maximum Gasteiger partial charge on any atom is 0.422 e. The fourth-order valence-electron chi connectivity index (χ4n) is 1.79. The molecular weight excluding hydrogens is 313 g/mol. The van der Waals surface area contributed by atoms with Crippen molar-refractivity contribution in [2.45, 2.75) is 64.5 Å². The SMILES string of the molecule is CCCCCCCCCCOC(=O)/C=C/C(=O)OCC(F)(F)F. The highest BCUT2D eigenvalue weighted by Crippen LogP contribution is 2.14. The number of hydrogen-bond acceptors (Lipinski definition) is 4. The van der Waals surface area contributed by atoms with Gasteiger partial charge in [0.2, 0.25) is 0 Å². The Morgan fingerprint density at radius 2 is 1.30 bits per heavy atom. The van der Waals surface area contributed by atoms with Crippen LogP contribution in [-0.4, -0.2) is 31.3 Å². The zero-order valence-electron chi connectivity index (χ0n) is 13.5. The molecule has 134 valence electrons. The van der Waals surface area contributed by atoms with E-state index in [1.54, 1.807) is 0 Å². The molecule has 0 amide bonds. The molecule has 0 atom stereocenters. The highest BCUT2D eigenvalue weighted by Gasteiger charge is 2.29. The Hall–Kier alpha value is -1.53. The molecule has 0 radical (unpaired) electrons. The lowest BCUT2D eigenvalue weighted by Crippen LogP contribution is -2.19. The van der Waals surface area contributed by atoms with Gasteiger partial charge in [0.15, 0.2) is 6.61 Å². The smallest absolute Gasteiger partial charge is 0.422 e. The lowest BCUT2D eigenvalue weighted by molar-refractivity contribution is -0.182. The molecule has 0 fully saturated rings. The van der Waals surface area contributed by atoms with Gasteiger partial charge in [-0.3, -0.25) is 0 Å². The van der Waals surface area contributed by atoms with Gasteiger partial charge in [0.1, 0.15) is 0 Å². The number of carbonyl (C=O) groups excluding carboxylic acids is 2.